The van der Waals surface area contributed by atoms with Crippen LogP contribution in [0.1, 0.15) is 39.5 Å². The number of hydrogen-bond donors (Lipinski definition) is 3. The first-order chi connectivity index (χ1) is 9.70. The first-order valence-corrected chi connectivity index (χ1v) is 7.39. The molecule has 0 radical (unpaired) electrons. The number of imidazole rings is 1. The van der Waals surface area contributed by atoms with Crippen LogP contribution in [0, 0.1) is 5.41 Å². The van der Waals surface area contributed by atoms with Gasteiger partial charge in [0.05, 0.1) is 6.33 Å². The zero-order valence-electron chi connectivity index (χ0n) is 12.2. The van der Waals surface area contributed by atoms with Gasteiger partial charge in [-0.2, -0.15) is 9.97 Å². The molecule has 0 atom stereocenters. The number of hydrogen-bond acceptors (Lipinski definition) is 5. The highest BCUT2D eigenvalue weighted by Gasteiger charge is 2.28. The summed E-state index contributed by atoms with van der Waals surface area (Å²) < 4.78 is 0. The lowest BCUT2D eigenvalue weighted by Crippen LogP contribution is -2.23. The van der Waals surface area contributed by atoms with Crippen LogP contribution in [0.3, 0.4) is 0 Å². The molecule has 6 heteroatoms. The average molecular weight is 274 g/mol. The Bertz CT molecular complexity index is 584. The second-order valence-electron chi connectivity index (χ2n) is 5.90. The number of rotatable bonds is 5. The molecule has 2 aromatic rings. The molecule has 3 N–H and O–H groups in total. The monoisotopic (exact) mass is 274 g/mol. The molecule has 0 spiro atoms. The van der Waals surface area contributed by atoms with E-state index in [-0.39, 0.29) is 0 Å². The maximum absolute atomic E-state index is 4.55. The lowest BCUT2D eigenvalue weighted by Gasteiger charge is -2.24. The van der Waals surface area contributed by atoms with Crippen LogP contribution in [0.4, 0.5) is 11.8 Å². The largest absolute Gasteiger partial charge is 0.368 e. The van der Waals surface area contributed by atoms with Crippen molar-refractivity contribution < 1.29 is 0 Å². The topological polar surface area (TPSA) is 78.5 Å². The van der Waals surface area contributed by atoms with Gasteiger partial charge in [-0.25, -0.2) is 4.98 Å². The molecule has 0 aliphatic heterocycles. The summed E-state index contributed by atoms with van der Waals surface area (Å²) in [5, 5.41) is 6.64. The van der Waals surface area contributed by atoms with Gasteiger partial charge < -0.3 is 15.6 Å². The van der Waals surface area contributed by atoms with Crippen molar-refractivity contribution in [3.05, 3.63) is 6.33 Å². The quantitative estimate of drug-likeness (QED) is 0.781. The summed E-state index contributed by atoms with van der Waals surface area (Å²) in [5.41, 5.74) is 1.97. The van der Waals surface area contributed by atoms with Gasteiger partial charge in [0, 0.05) is 13.1 Å². The molecule has 1 fully saturated rings. The van der Waals surface area contributed by atoms with E-state index in [1.807, 2.05) is 6.92 Å². The maximum Gasteiger partial charge on any atom is 0.226 e. The second-order valence-corrected chi connectivity index (χ2v) is 5.90. The Kier molecular flexibility index (Phi) is 3.46. The van der Waals surface area contributed by atoms with E-state index in [4.69, 9.17) is 0 Å². The summed E-state index contributed by atoms with van der Waals surface area (Å²) in [6.07, 6.45) is 6.92. The summed E-state index contributed by atoms with van der Waals surface area (Å²) >= 11 is 0. The number of H-pyrrole nitrogens is 1. The summed E-state index contributed by atoms with van der Waals surface area (Å²) in [6, 6.07) is 0. The Balaban J connectivity index is 1.83. The van der Waals surface area contributed by atoms with E-state index >= 15 is 0 Å². The van der Waals surface area contributed by atoms with Crippen molar-refractivity contribution in [2.75, 3.05) is 23.7 Å². The second kappa shape index (κ2) is 5.26. The van der Waals surface area contributed by atoms with Crippen molar-refractivity contribution in [3.63, 3.8) is 0 Å². The van der Waals surface area contributed by atoms with E-state index in [1.54, 1.807) is 6.33 Å². The molecule has 20 heavy (non-hydrogen) atoms. The zero-order valence-corrected chi connectivity index (χ0v) is 12.2. The molecule has 0 aromatic carbocycles. The van der Waals surface area contributed by atoms with E-state index in [9.17, 15) is 0 Å². The Morgan fingerprint density at radius 2 is 2.05 bits per heavy atom. The number of nitrogens with one attached hydrogen (secondary N) is 3. The van der Waals surface area contributed by atoms with Crippen LogP contribution in [-0.4, -0.2) is 33.0 Å². The lowest BCUT2D eigenvalue weighted by molar-refractivity contribution is 0.362. The van der Waals surface area contributed by atoms with Crippen molar-refractivity contribution in [2.24, 2.45) is 5.41 Å². The SMILES string of the molecule is CCNc1nc(NCC2(C)CCCC2)c2[nH]cnc2n1. The summed E-state index contributed by atoms with van der Waals surface area (Å²) in [4.78, 5) is 16.3. The molecule has 2 heterocycles. The summed E-state index contributed by atoms with van der Waals surface area (Å²) in [7, 11) is 0. The Labute approximate surface area is 118 Å². The average Bonchev–Trinajstić information content (AvgIpc) is 3.06. The van der Waals surface area contributed by atoms with E-state index in [0.29, 0.717) is 17.0 Å². The molecule has 0 amide bonds. The van der Waals surface area contributed by atoms with Gasteiger partial charge in [-0.1, -0.05) is 19.8 Å². The fourth-order valence-corrected chi connectivity index (χ4v) is 2.90. The molecule has 6 nitrogen and oxygen atoms in total. The molecule has 1 aliphatic rings. The molecule has 0 bridgehead atoms. The molecule has 3 rings (SSSR count). The number of nitrogens with zero attached hydrogens (tertiary/aromatic N) is 3. The highest BCUT2D eigenvalue weighted by atomic mass is 15.2. The van der Waals surface area contributed by atoms with Crippen molar-refractivity contribution >= 4 is 22.9 Å². The van der Waals surface area contributed by atoms with Gasteiger partial charge in [0.2, 0.25) is 5.95 Å². The maximum atomic E-state index is 4.55. The number of anilines is 2. The van der Waals surface area contributed by atoms with Crippen LogP contribution in [-0.2, 0) is 0 Å². The third-order valence-electron chi connectivity index (χ3n) is 4.11. The van der Waals surface area contributed by atoms with Crippen LogP contribution in [0.2, 0.25) is 0 Å². The minimum atomic E-state index is 0.385. The van der Waals surface area contributed by atoms with Gasteiger partial charge in [0.1, 0.15) is 5.52 Å². The minimum Gasteiger partial charge on any atom is -0.368 e. The molecule has 0 saturated heterocycles. The zero-order chi connectivity index (χ0) is 14.0. The van der Waals surface area contributed by atoms with Crippen molar-refractivity contribution in [3.8, 4) is 0 Å². The third kappa shape index (κ3) is 2.55. The number of aromatic amines is 1. The van der Waals surface area contributed by atoms with E-state index < -0.39 is 0 Å². The normalized spacial score (nSPS) is 17.5. The summed E-state index contributed by atoms with van der Waals surface area (Å²) in [5.74, 6) is 1.47. The predicted molar refractivity (Wildman–Crippen MR) is 80.9 cm³/mol. The van der Waals surface area contributed by atoms with Crippen LogP contribution < -0.4 is 10.6 Å². The van der Waals surface area contributed by atoms with Gasteiger partial charge in [0.15, 0.2) is 11.5 Å². The van der Waals surface area contributed by atoms with Crippen molar-refractivity contribution in [2.45, 2.75) is 39.5 Å². The fraction of sp³-hybridized carbons (Fsp3) is 0.643. The van der Waals surface area contributed by atoms with E-state index in [2.05, 4.69) is 37.5 Å². The van der Waals surface area contributed by atoms with Crippen molar-refractivity contribution in [1.29, 1.82) is 0 Å². The van der Waals surface area contributed by atoms with Gasteiger partial charge in [-0.05, 0) is 25.2 Å². The molecule has 108 valence electrons. The molecular weight excluding hydrogens is 252 g/mol. The lowest BCUT2D eigenvalue weighted by atomic mass is 9.89. The first-order valence-electron chi connectivity index (χ1n) is 7.39. The third-order valence-corrected chi connectivity index (χ3v) is 4.11. The molecule has 1 aliphatic carbocycles. The smallest absolute Gasteiger partial charge is 0.226 e. The molecule has 0 unspecified atom stereocenters. The Morgan fingerprint density at radius 3 is 2.80 bits per heavy atom. The Morgan fingerprint density at radius 1 is 1.25 bits per heavy atom. The molecular formula is C14H22N6. The van der Waals surface area contributed by atoms with Gasteiger partial charge >= 0.3 is 0 Å². The van der Waals surface area contributed by atoms with E-state index in [0.717, 1.165) is 24.4 Å². The van der Waals surface area contributed by atoms with Crippen LogP contribution in [0.15, 0.2) is 6.33 Å². The highest BCUT2D eigenvalue weighted by Crippen LogP contribution is 2.37. The predicted octanol–water partition coefficient (Wildman–Crippen LogP) is 2.78. The molecule has 1 saturated carbocycles. The van der Waals surface area contributed by atoms with E-state index in [1.165, 1.54) is 25.7 Å². The highest BCUT2D eigenvalue weighted by molar-refractivity contribution is 5.83. The van der Waals surface area contributed by atoms with Gasteiger partial charge in [-0.3, -0.25) is 0 Å². The number of aromatic nitrogens is 4. The fourth-order valence-electron chi connectivity index (χ4n) is 2.90. The van der Waals surface area contributed by atoms with Gasteiger partial charge in [-0.15, -0.1) is 0 Å². The van der Waals surface area contributed by atoms with Crippen LogP contribution >= 0.6 is 0 Å². The number of fused-ring (bicyclic) bond motifs is 1. The van der Waals surface area contributed by atoms with Crippen molar-refractivity contribution in [1.82, 2.24) is 19.9 Å². The standard InChI is InChI=1S/C14H22N6/c1-3-15-13-19-11(10-12(20-13)18-9-17-10)16-8-14(2)6-4-5-7-14/h9H,3-8H2,1-2H3,(H3,15,16,17,18,19,20). The molecule has 2 aromatic heterocycles. The van der Waals surface area contributed by atoms with Gasteiger partial charge in [0.25, 0.3) is 0 Å². The Hall–Kier alpha value is -1.85. The minimum absolute atomic E-state index is 0.385. The first kappa shape index (κ1) is 13.1. The van der Waals surface area contributed by atoms with Crippen LogP contribution in [0.25, 0.3) is 11.2 Å². The summed E-state index contributed by atoms with van der Waals surface area (Å²) in [6.45, 7) is 6.13. The van der Waals surface area contributed by atoms with Crippen LogP contribution in [0.5, 0.6) is 0 Å².